The molecule has 17 heavy (non-hydrogen) atoms. The van der Waals surface area contributed by atoms with E-state index in [1.165, 1.54) is 6.92 Å². The Hall–Kier alpha value is -1.11. The fourth-order valence-corrected chi connectivity index (χ4v) is 2.92. The summed E-state index contributed by atoms with van der Waals surface area (Å²) in [5, 5.41) is 9.87. The highest BCUT2D eigenvalue weighted by Crippen LogP contribution is 2.09. The number of rotatable bonds is 7. The Labute approximate surface area is 101 Å². The van der Waals surface area contributed by atoms with Gasteiger partial charge in [-0.2, -0.15) is 0 Å². The van der Waals surface area contributed by atoms with Crippen LogP contribution in [0.4, 0.5) is 0 Å². The predicted molar refractivity (Wildman–Crippen MR) is 63.4 cm³/mol. The smallest absolute Gasteiger partial charge is 0.321 e. The number of amides is 1. The number of carbonyl (C=O) groups excluding carboxylic acids is 1. The minimum absolute atomic E-state index is 0.00344. The van der Waals surface area contributed by atoms with Crippen molar-refractivity contribution in [3.63, 3.8) is 0 Å². The summed E-state index contributed by atoms with van der Waals surface area (Å²) < 4.78 is 23.3. The third kappa shape index (κ3) is 5.67. The Balaban J connectivity index is 4.46. The molecule has 1 amide bonds. The highest BCUT2D eigenvalue weighted by Gasteiger charge is 2.30. The molecular weight excluding hydrogens is 246 g/mol. The van der Waals surface area contributed by atoms with Gasteiger partial charge in [0.1, 0.15) is 0 Å². The number of aliphatic carboxylic acids is 1. The second-order valence-corrected chi connectivity index (χ2v) is 6.38. The van der Waals surface area contributed by atoms with E-state index in [4.69, 9.17) is 5.11 Å². The van der Waals surface area contributed by atoms with E-state index in [1.54, 1.807) is 13.8 Å². The highest BCUT2D eigenvalue weighted by molar-refractivity contribution is 7.92. The van der Waals surface area contributed by atoms with Gasteiger partial charge in [-0.3, -0.25) is 9.59 Å². The molecular formula is C10H19NO5S. The molecule has 6 nitrogen and oxygen atoms in total. The first-order chi connectivity index (χ1) is 7.70. The largest absolute Gasteiger partial charge is 0.480 e. The number of carbonyl (C=O) groups is 2. The van der Waals surface area contributed by atoms with E-state index in [9.17, 15) is 18.0 Å². The Kier molecular flexibility index (Phi) is 6.15. The van der Waals surface area contributed by atoms with Crippen molar-refractivity contribution in [1.82, 2.24) is 5.32 Å². The first-order valence-corrected chi connectivity index (χ1v) is 7.16. The summed E-state index contributed by atoms with van der Waals surface area (Å²) in [4.78, 5) is 22.0. The minimum atomic E-state index is -3.76. The molecule has 0 fully saturated rings. The van der Waals surface area contributed by atoms with Crippen molar-refractivity contribution in [3.05, 3.63) is 0 Å². The highest BCUT2D eigenvalue weighted by atomic mass is 32.2. The topological polar surface area (TPSA) is 101 Å². The van der Waals surface area contributed by atoms with Gasteiger partial charge >= 0.3 is 5.97 Å². The van der Waals surface area contributed by atoms with Crippen LogP contribution < -0.4 is 5.32 Å². The van der Waals surface area contributed by atoms with E-state index < -0.39 is 26.8 Å². The van der Waals surface area contributed by atoms with Crippen molar-refractivity contribution < 1.29 is 23.1 Å². The minimum Gasteiger partial charge on any atom is -0.480 e. The summed E-state index contributed by atoms with van der Waals surface area (Å²) in [6.07, 6.45) is -0.201. The standard InChI is InChI=1S/C10H19NO5S/c1-4-8(10(13)14)17(15,16)6-5-9(12)11-7(2)3/h7-8H,4-6H2,1-3H3,(H,11,12)(H,13,14). The number of hydrogen-bond donors (Lipinski definition) is 2. The van der Waals surface area contributed by atoms with Crippen molar-refractivity contribution >= 4 is 21.7 Å². The summed E-state index contributed by atoms with van der Waals surface area (Å²) in [5.41, 5.74) is 0. The van der Waals surface area contributed by atoms with E-state index in [2.05, 4.69) is 5.32 Å². The van der Waals surface area contributed by atoms with Gasteiger partial charge in [-0.05, 0) is 20.3 Å². The average molecular weight is 265 g/mol. The van der Waals surface area contributed by atoms with Crippen LogP contribution in [-0.4, -0.2) is 42.4 Å². The molecule has 1 unspecified atom stereocenters. The van der Waals surface area contributed by atoms with Crippen LogP contribution in [0.1, 0.15) is 33.6 Å². The fraction of sp³-hybridized carbons (Fsp3) is 0.800. The third-order valence-electron chi connectivity index (χ3n) is 2.14. The quantitative estimate of drug-likeness (QED) is 0.684. The maximum absolute atomic E-state index is 11.6. The van der Waals surface area contributed by atoms with Crippen molar-refractivity contribution in [2.24, 2.45) is 0 Å². The molecule has 0 aromatic heterocycles. The number of sulfone groups is 1. The van der Waals surface area contributed by atoms with Gasteiger partial charge in [-0.25, -0.2) is 8.42 Å². The van der Waals surface area contributed by atoms with Crippen LogP contribution >= 0.6 is 0 Å². The number of nitrogens with one attached hydrogen (secondary N) is 1. The molecule has 1 atom stereocenters. The Morgan fingerprint density at radius 1 is 1.29 bits per heavy atom. The maximum Gasteiger partial charge on any atom is 0.321 e. The van der Waals surface area contributed by atoms with Gasteiger partial charge in [0.15, 0.2) is 15.1 Å². The van der Waals surface area contributed by atoms with Crippen molar-refractivity contribution in [2.45, 2.75) is 44.9 Å². The lowest BCUT2D eigenvalue weighted by Gasteiger charge is -2.12. The molecule has 0 spiro atoms. The van der Waals surface area contributed by atoms with Gasteiger partial charge in [0, 0.05) is 12.5 Å². The van der Waals surface area contributed by atoms with Crippen LogP contribution in [0.25, 0.3) is 0 Å². The van der Waals surface area contributed by atoms with E-state index >= 15 is 0 Å². The summed E-state index contributed by atoms with van der Waals surface area (Å²) in [6.45, 7) is 5.02. The SMILES string of the molecule is CCC(C(=O)O)S(=O)(=O)CCC(=O)NC(C)C. The van der Waals surface area contributed by atoms with Crippen molar-refractivity contribution in [1.29, 1.82) is 0 Å². The lowest BCUT2D eigenvalue weighted by molar-refractivity contribution is -0.136. The fourth-order valence-electron chi connectivity index (χ4n) is 1.35. The summed E-state index contributed by atoms with van der Waals surface area (Å²) >= 11 is 0. The summed E-state index contributed by atoms with van der Waals surface area (Å²) in [6, 6.07) is -0.0633. The second-order valence-electron chi connectivity index (χ2n) is 4.07. The predicted octanol–water partition coefficient (Wildman–Crippen LogP) is 0.179. The van der Waals surface area contributed by atoms with Crippen LogP contribution in [0.15, 0.2) is 0 Å². The zero-order chi connectivity index (χ0) is 13.6. The monoisotopic (exact) mass is 265 g/mol. The van der Waals surface area contributed by atoms with Crippen LogP contribution in [0, 0.1) is 0 Å². The van der Waals surface area contributed by atoms with Gasteiger partial charge in [-0.15, -0.1) is 0 Å². The maximum atomic E-state index is 11.6. The number of carboxylic acid groups (broad SMARTS) is 1. The summed E-state index contributed by atoms with van der Waals surface area (Å²) in [5.74, 6) is -2.18. The van der Waals surface area contributed by atoms with Crippen LogP contribution in [0.3, 0.4) is 0 Å². The first kappa shape index (κ1) is 15.9. The molecule has 0 aliphatic heterocycles. The van der Waals surface area contributed by atoms with Gasteiger partial charge in [0.2, 0.25) is 5.91 Å². The Morgan fingerprint density at radius 3 is 2.18 bits per heavy atom. The van der Waals surface area contributed by atoms with Crippen LogP contribution in [0.2, 0.25) is 0 Å². The molecule has 2 N–H and O–H groups in total. The lowest BCUT2D eigenvalue weighted by Crippen LogP contribution is -2.35. The Bertz CT molecular complexity index is 374. The molecule has 0 aromatic rings. The molecule has 0 saturated carbocycles. The van der Waals surface area contributed by atoms with Gasteiger partial charge in [0.25, 0.3) is 0 Å². The molecule has 7 heteroatoms. The van der Waals surface area contributed by atoms with Crippen LogP contribution in [0.5, 0.6) is 0 Å². The van der Waals surface area contributed by atoms with E-state index in [-0.39, 0.29) is 24.8 Å². The zero-order valence-electron chi connectivity index (χ0n) is 10.3. The molecule has 0 aliphatic carbocycles. The molecule has 0 heterocycles. The molecule has 100 valence electrons. The molecule has 0 saturated heterocycles. The first-order valence-electron chi connectivity index (χ1n) is 5.44. The van der Waals surface area contributed by atoms with Gasteiger partial charge < -0.3 is 10.4 Å². The lowest BCUT2D eigenvalue weighted by atomic mass is 10.3. The van der Waals surface area contributed by atoms with E-state index in [0.29, 0.717) is 0 Å². The van der Waals surface area contributed by atoms with Gasteiger partial charge in [-0.1, -0.05) is 6.92 Å². The van der Waals surface area contributed by atoms with Crippen molar-refractivity contribution in [3.8, 4) is 0 Å². The zero-order valence-corrected chi connectivity index (χ0v) is 11.1. The second kappa shape index (κ2) is 6.58. The van der Waals surface area contributed by atoms with E-state index in [0.717, 1.165) is 0 Å². The summed E-state index contributed by atoms with van der Waals surface area (Å²) in [7, 11) is -3.76. The van der Waals surface area contributed by atoms with Crippen LogP contribution in [-0.2, 0) is 19.4 Å². The Morgan fingerprint density at radius 2 is 1.82 bits per heavy atom. The van der Waals surface area contributed by atoms with E-state index in [1.807, 2.05) is 0 Å². The normalized spacial score (nSPS) is 13.4. The molecule has 0 rings (SSSR count). The number of hydrogen-bond acceptors (Lipinski definition) is 4. The number of carboxylic acids is 1. The third-order valence-corrected chi connectivity index (χ3v) is 4.32. The van der Waals surface area contributed by atoms with Crippen molar-refractivity contribution in [2.75, 3.05) is 5.75 Å². The molecule has 0 aromatic carbocycles. The molecule has 0 aliphatic rings. The molecule has 0 radical (unpaired) electrons. The molecule has 0 bridgehead atoms. The average Bonchev–Trinajstić information content (AvgIpc) is 2.13. The van der Waals surface area contributed by atoms with Gasteiger partial charge in [0.05, 0.1) is 5.75 Å².